The van der Waals surface area contributed by atoms with Crippen LogP contribution in [0.5, 0.6) is 0 Å². The minimum absolute atomic E-state index is 0.111. The average Bonchev–Trinajstić information content (AvgIpc) is 2.72. The van der Waals surface area contributed by atoms with Gasteiger partial charge in [0.05, 0.1) is 0 Å². The minimum Gasteiger partial charge on any atom is -0.336 e. The highest BCUT2D eigenvalue weighted by Crippen LogP contribution is 2.24. The molecule has 2 amide bonds. The van der Waals surface area contributed by atoms with Gasteiger partial charge in [-0.2, -0.15) is 0 Å². The van der Waals surface area contributed by atoms with Crippen molar-refractivity contribution >= 4 is 11.8 Å². The second-order valence-corrected chi connectivity index (χ2v) is 7.69. The van der Waals surface area contributed by atoms with Crippen LogP contribution in [0.2, 0.25) is 0 Å². The normalized spacial score (nSPS) is 23.8. The Labute approximate surface area is 157 Å². The number of likely N-dealkylation sites (tertiary alicyclic amines) is 2. The van der Waals surface area contributed by atoms with Crippen LogP contribution in [0, 0.1) is 0 Å². The molecule has 26 heavy (non-hydrogen) atoms. The predicted octanol–water partition coefficient (Wildman–Crippen LogP) is 4.50. The molecule has 1 aromatic carbocycles. The van der Waals surface area contributed by atoms with Gasteiger partial charge in [0.25, 0.3) is 11.8 Å². The van der Waals surface area contributed by atoms with Gasteiger partial charge in [0, 0.05) is 36.3 Å². The lowest BCUT2D eigenvalue weighted by Gasteiger charge is -2.36. The van der Waals surface area contributed by atoms with Crippen molar-refractivity contribution in [3.8, 4) is 0 Å². The molecule has 2 fully saturated rings. The van der Waals surface area contributed by atoms with Crippen LogP contribution in [-0.4, -0.2) is 46.8 Å². The lowest BCUT2D eigenvalue weighted by molar-refractivity contribution is 0.0596. The number of piperidine rings is 2. The Morgan fingerprint density at radius 2 is 1.15 bits per heavy atom. The van der Waals surface area contributed by atoms with Crippen molar-refractivity contribution in [3.63, 3.8) is 0 Å². The Morgan fingerprint density at radius 1 is 0.769 bits per heavy atom. The lowest BCUT2D eigenvalue weighted by Crippen LogP contribution is -2.44. The Balaban J connectivity index is 1.71. The first-order valence-corrected chi connectivity index (χ1v) is 10.4. The van der Waals surface area contributed by atoms with E-state index in [1.54, 1.807) is 0 Å². The largest absolute Gasteiger partial charge is 0.336 e. The highest BCUT2D eigenvalue weighted by molar-refractivity contribution is 5.98. The van der Waals surface area contributed by atoms with E-state index in [0.29, 0.717) is 23.2 Å². The standard InChI is InChI=1S/C22H32N2O2/c1-3-19-9-5-7-15-23(19)21(25)17-11-13-18(14-12-17)22(26)24-16-8-6-10-20(24)4-2/h11-14,19-20H,3-10,15-16H2,1-2H3. The average molecular weight is 357 g/mol. The van der Waals surface area contributed by atoms with Crippen molar-refractivity contribution in [1.29, 1.82) is 0 Å². The van der Waals surface area contributed by atoms with E-state index in [0.717, 1.165) is 51.6 Å². The third-order valence-corrected chi connectivity index (χ3v) is 6.10. The van der Waals surface area contributed by atoms with Crippen molar-refractivity contribution in [3.05, 3.63) is 35.4 Å². The van der Waals surface area contributed by atoms with Crippen LogP contribution in [0.15, 0.2) is 24.3 Å². The summed E-state index contributed by atoms with van der Waals surface area (Å²) < 4.78 is 0. The second-order valence-electron chi connectivity index (χ2n) is 7.69. The van der Waals surface area contributed by atoms with Crippen molar-refractivity contribution < 1.29 is 9.59 Å². The number of hydrogen-bond donors (Lipinski definition) is 0. The van der Waals surface area contributed by atoms with E-state index in [-0.39, 0.29) is 11.8 Å². The fourth-order valence-electron chi connectivity index (χ4n) is 4.47. The van der Waals surface area contributed by atoms with Crippen LogP contribution in [0.25, 0.3) is 0 Å². The first-order chi connectivity index (χ1) is 12.7. The highest BCUT2D eigenvalue weighted by atomic mass is 16.2. The Kier molecular flexibility index (Phi) is 6.33. The van der Waals surface area contributed by atoms with Gasteiger partial charge in [-0.1, -0.05) is 13.8 Å². The van der Waals surface area contributed by atoms with E-state index in [1.165, 1.54) is 12.8 Å². The molecule has 3 rings (SSSR count). The van der Waals surface area contributed by atoms with Crippen LogP contribution in [0.1, 0.15) is 85.9 Å². The summed E-state index contributed by atoms with van der Waals surface area (Å²) in [6.45, 7) is 6.01. The van der Waals surface area contributed by atoms with E-state index in [4.69, 9.17) is 0 Å². The van der Waals surface area contributed by atoms with Crippen molar-refractivity contribution in [2.45, 2.75) is 77.3 Å². The minimum atomic E-state index is 0.111. The molecule has 2 saturated heterocycles. The number of carbonyl (C=O) groups excluding carboxylic acids is 2. The molecule has 0 saturated carbocycles. The van der Waals surface area contributed by atoms with Gasteiger partial charge in [0.15, 0.2) is 0 Å². The van der Waals surface area contributed by atoms with Crippen LogP contribution in [0.4, 0.5) is 0 Å². The lowest BCUT2D eigenvalue weighted by atomic mass is 9.97. The first-order valence-electron chi connectivity index (χ1n) is 10.4. The van der Waals surface area contributed by atoms with E-state index < -0.39 is 0 Å². The molecule has 2 aliphatic rings. The number of nitrogens with zero attached hydrogens (tertiary/aromatic N) is 2. The number of benzene rings is 1. The topological polar surface area (TPSA) is 40.6 Å². The summed E-state index contributed by atoms with van der Waals surface area (Å²) in [4.78, 5) is 29.8. The summed E-state index contributed by atoms with van der Waals surface area (Å²) in [5, 5.41) is 0. The van der Waals surface area contributed by atoms with Gasteiger partial charge >= 0.3 is 0 Å². The van der Waals surface area contributed by atoms with Gasteiger partial charge in [0.2, 0.25) is 0 Å². The third kappa shape index (κ3) is 3.94. The van der Waals surface area contributed by atoms with Crippen LogP contribution in [0.3, 0.4) is 0 Å². The highest BCUT2D eigenvalue weighted by Gasteiger charge is 2.28. The van der Waals surface area contributed by atoms with Crippen molar-refractivity contribution in [2.75, 3.05) is 13.1 Å². The molecule has 2 unspecified atom stereocenters. The Bertz CT molecular complexity index is 571. The Morgan fingerprint density at radius 3 is 1.50 bits per heavy atom. The maximum Gasteiger partial charge on any atom is 0.254 e. The number of hydrogen-bond acceptors (Lipinski definition) is 2. The zero-order valence-corrected chi connectivity index (χ0v) is 16.2. The fraction of sp³-hybridized carbons (Fsp3) is 0.636. The molecular formula is C22H32N2O2. The molecule has 0 bridgehead atoms. The summed E-state index contributed by atoms with van der Waals surface area (Å²) in [6, 6.07) is 8.06. The monoisotopic (exact) mass is 356 g/mol. The van der Waals surface area contributed by atoms with E-state index in [2.05, 4.69) is 13.8 Å². The summed E-state index contributed by atoms with van der Waals surface area (Å²) >= 11 is 0. The molecule has 0 aliphatic carbocycles. The Hall–Kier alpha value is -1.84. The first kappa shape index (κ1) is 18.9. The molecule has 4 heteroatoms. The number of amides is 2. The molecule has 142 valence electrons. The summed E-state index contributed by atoms with van der Waals surface area (Å²) in [5.74, 6) is 0.222. The van der Waals surface area contributed by atoms with Crippen molar-refractivity contribution in [1.82, 2.24) is 9.80 Å². The predicted molar refractivity (Wildman–Crippen MR) is 104 cm³/mol. The molecule has 0 aromatic heterocycles. The fourth-order valence-corrected chi connectivity index (χ4v) is 4.47. The van der Waals surface area contributed by atoms with Gasteiger partial charge < -0.3 is 9.80 Å². The van der Waals surface area contributed by atoms with Crippen LogP contribution in [-0.2, 0) is 0 Å². The molecule has 4 nitrogen and oxygen atoms in total. The summed E-state index contributed by atoms with van der Waals surface area (Å²) in [5.41, 5.74) is 1.40. The third-order valence-electron chi connectivity index (χ3n) is 6.10. The van der Waals surface area contributed by atoms with E-state index in [1.807, 2.05) is 34.1 Å². The molecule has 0 radical (unpaired) electrons. The second kappa shape index (κ2) is 8.70. The smallest absolute Gasteiger partial charge is 0.254 e. The maximum atomic E-state index is 12.9. The molecule has 2 heterocycles. The number of carbonyl (C=O) groups is 2. The SMILES string of the molecule is CCC1CCCCN1C(=O)c1ccc(C(=O)N2CCCCC2CC)cc1. The van der Waals surface area contributed by atoms with Gasteiger partial charge in [0.1, 0.15) is 0 Å². The molecular weight excluding hydrogens is 324 g/mol. The van der Waals surface area contributed by atoms with Crippen LogP contribution >= 0.6 is 0 Å². The van der Waals surface area contributed by atoms with Gasteiger partial charge in [-0.15, -0.1) is 0 Å². The zero-order valence-electron chi connectivity index (χ0n) is 16.2. The quantitative estimate of drug-likeness (QED) is 0.797. The van der Waals surface area contributed by atoms with Crippen molar-refractivity contribution in [2.24, 2.45) is 0 Å². The maximum absolute atomic E-state index is 12.9. The zero-order chi connectivity index (χ0) is 18.5. The summed E-state index contributed by atoms with van der Waals surface area (Å²) in [7, 11) is 0. The summed E-state index contributed by atoms with van der Waals surface area (Å²) in [6.07, 6.45) is 8.83. The molecule has 2 aliphatic heterocycles. The van der Waals surface area contributed by atoms with E-state index >= 15 is 0 Å². The van der Waals surface area contributed by atoms with E-state index in [9.17, 15) is 9.59 Å². The van der Waals surface area contributed by atoms with Gasteiger partial charge in [-0.05, 0) is 75.6 Å². The van der Waals surface area contributed by atoms with Gasteiger partial charge in [-0.3, -0.25) is 9.59 Å². The van der Waals surface area contributed by atoms with Crippen LogP contribution < -0.4 is 0 Å². The van der Waals surface area contributed by atoms with Gasteiger partial charge in [-0.25, -0.2) is 0 Å². The molecule has 0 N–H and O–H groups in total. The molecule has 0 spiro atoms. The molecule has 1 aromatic rings. The molecule has 2 atom stereocenters. The number of rotatable bonds is 4.